The number of nitrogens with two attached hydrogens (primary N) is 2. The number of nitriles is 1. The van der Waals surface area contributed by atoms with Gasteiger partial charge in [-0.2, -0.15) is 5.26 Å². The molecule has 4 aromatic rings. The van der Waals surface area contributed by atoms with E-state index in [0.717, 1.165) is 11.4 Å². The molecule has 0 bridgehead atoms. The summed E-state index contributed by atoms with van der Waals surface area (Å²) in [5.41, 5.74) is 14.7. The topological polar surface area (TPSA) is 145 Å². The van der Waals surface area contributed by atoms with Crippen LogP contribution in [0.15, 0.2) is 42.6 Å². The van der Waals surface area contributed by atoms with Crippen LogP contribution in [0.4, 0.5) is 10.2 Å². The van der Waals surface area contributed by atoms with Gasteiger partial charge in [-0.05, 0) is 44.5 Å². The Morgan fingerprint density at radius 3 is 2.61 bits per heavy atom. The number of pyridine rings is 1. The summed E-state index contributed by atoms with van der Waals surface area (Å²) in [6.07, 6.45) is 1.56. The van der Waals surface area contributed by atoms with Crippen LogP contribution in [-0.2, 0) is 12.1 Å². The van der Waals surface area contributed by atoms with E-state index in [-0.39, 0.29) is 23.0 Å². The van der Waals surface area contributed by atoms with E-state index < -0.39 is 11.4 Å². The molecule has 166 valence electrons. The molecule has 0 aliphatic heterocycles. The molecule has 0 atom stereocenters. The van der Waals surface area contributed by atoms with Crippen molar-refractivity contribution in [1.82, 2.24) is 29.9 Å². The lowest BCUT2D eigenvalue weighted by atomic mass is 10.0. The summed E-state index contributed by atoms with van der Waals surface area (Å²) in [7, 11) is 0. The van der Waals surface area contributed by atoms with Gasteiger partial charge in [0.05, 0.1) is 41.3 Å². The Hall–Kier alpha value is -4.23. The zero-order chi connectivity index (χ0) is 23.8. The van der Waals surface area contributed by atoms with Gasteiger partial charge < -0.3 is 11.5 Å². The van der Waals surface area contributed by atoms with Gasteiger partial charge in [0, 0.05) is 5.56 Å². The molecule has 0 fully saturated rings. The Labute approximate surface area is 189 Å². The summed E-state index contributed by atoms with van der Waals surface area (Å²) in [6.45, 7) is 5.84. The highest BCUT2D eigenvalue weighted by atomic mass is 19.1. The van der Waals surface area contributed by atoms with E-state index in [1.54, 1.807) is 31.3 Å². The largest absolute Gasteiger partial charge is 0.381 e. The van der Waals surface area contributed by atoms with Gasteiger partial charge in [0.2, 0.25) is 0 Å². The number of hydrogen-bond donors (Lipinski definition) is 2. The minimum Gasteiger partial charge on any atom is -0.381 e. The van der Waals surface area contributed by atoms with Crippen LogP contribution in [0.2, 0.25) is 0 Å². The summed E-state index contributed by atoms with van der Waals surface area (Å²) < 4.78 is 16.4. The number of benzene rings is 1. The number of hydrogen-bond acceptors (Lipinski definition) is 8. The summed E-state index contributed by atoms with van der Waals surface area (Å²) >= 11 is 0. The summed E-state index contributed by atoms with van der Waals surface area (Å²) in [5.74, 6) is -0.900. The van der Waals surface area contributed by atoms with E-state index in [1.165, 1.54) is 4.68 Å². The minimum absolute atomic E-state index is 0.0738. The first kappa shape index (κ1) is 22.0. The number of anilines is 1. The molecule has 10 heteroatoms. The molecular formula is C23H22FN9. The summed E-state index contributed by atoms with van der Waals surface area (Å²) in [5, 5.41) is 17.4. The molecule has 9 nitrogen and oxygen atoms in total. The second kappa shape index (κ2) is 8.37. The maximum Gasteiger partial charge on any atom is 0.193 e. The van der Waals surface area contributed by atoms with Gasteiger partial charge in [-0.25, -0.2) is 19.0 Å². The number of aromatic nitrogens is 6. The normalized spacial score (nSPS) is 11.4. The molecule has 0 spiro atoms. The van der Waals surface area contributed by atoms with Crippen molar-refractivity contribution in [1.29, 1.82) is 5.26 Å². The van der Waals surface area contributed by atoms with E-state index in [4.69, 9.17) is 11.5 Å². The smallest absolute Gasteiger partial charge is 0.193 e. The Bertz CT molecular complexity index is 1380. The van der Waals surface area contributed by atoms with Crippen molar-refractivity contribution >= 4 is 5.82 Å². The van der Waals surface area contributed by atoms with Crippen molar-refractivity contribution in [3.05, 3.63) is 70.9 Å². The van der Waals surface area contributed by atoms with E-state index in [0.29, 0.717) is 23.2 Å². The molecule has 1 aromatic carbocycles. The Morgan fingerprint density at radius 1 is 1.12 bits per heavy atom. The predicted octanol–water partition coefficient (Wildman–Crippen LogP) is 2.94. The SMILES string of the molecule is Cc1c(C#N)cccc1-c1nc(N)c(F)c(-c2cn(Cc3cccc(C(C)(C)N)n3)nn2)n1. The first-order chi connectivity index (χ1) is 15.7. The lowest BCUT2D eigenvalue weighted by Crippen LogP contribution is -2.30. The Balaban J connectivity index is 1.70. The maximum absolute atomic E-state index is 14.8. The quantitative estimate of drug-likeness (QED) is 0.479. The number of halogens is 1. The van der Waals surface area contributed by atoms with Gasteiger partial charge in [-0.15, -0.1) is 5.10 Å². The first-order valence-corrected chi connectivity index (χ1v) is 10.2. The van der Waals surface area contributed by atoms with E-state index in [1.807, 2.05) is 32.0 Å². The van der Waals surface area contributed by atoms with Crippen LogP contribution < -0.4 is 11.5 Å². The van der Waals surface area contributed by atoms with Crippen LogP contribution in [0.5, 0.6) is 0 Å². The number of nitrogen functional groups attached to an aromatic ring is 1. The van der Waals surface area contributed by atoms with Gasteiger partial charge in [-0.1, -0.05) is 23.4 Å². The third-order valence-corrected chi connectivity index (χ3v) is 5.14. The fraction of sp³-hybridized carbons (Fsp3) is 0.217. The van der Waals surface area contributed by atoms with Crippen molar-refractivity contribution in [2.45, 2.75) is 32.9 Å². The fourth-order valence-corrected chi connectivity index (χ4v) is 3.33. The van der Waals surface area contributed by atoms with Crippen LogP contribution in [0.3, 0.4) is 0 Å². The maximum atomic E-state index is 14.8. The average molecular weight is 443 g/mol. The van der Waals surface area contributed by atoms with Crippen molar-refractivity contribution in [2.75, 3.05) is 5.73 Å². The molecule has 4 rings (SSSR count). The van der Waals surface area contributed by atoms with Crippen molar-refractivity contribution in [2.24, 2.45) is 5.73 Å². The van der Waals surface area contributed by atoms with Gasteiger partial charge in [-0.3, -0.25) is 4.98 Å². The summed E-state index contributed by atoms with van der Waals surface area (Å²) in [6, 6.07) is 12.9. The van der Waals surface area contributed by atoms with Crippen LogP contribution in [0.25, 0.3) is 22.8 Å². The highest BCUT2D eigenvalue weighted by Crippen LogP contribution is 2.28. The van der Waals surface area contributed by atoms with Gasteiger partial charge in [0.25, 0.3) is 0 Å². The first-order valence-electron chi connectivity index (χ1n) is 10.2. The predicted molar refractivity (Wildman–Crippen MR) is 121 cm³/mol. The minimum atomic E-state index is -0.787. The zero-order valence-electron chi connectivity index (χ0n) is 18.4. The van der Waals surface area contributed by atoms with Gasteiger partial charge in [0.15, 0.2) is 17.5 Å². The molecule has 0 unspecified atom stereocenters. The molecule has 0 aliphatic rings. The highest BCUT2D eigenvalue weighted by molar-refractivity contribution is 5.69. The lowest BCUT2D eigenvalue weighted by Gasteiger charge is -2.18. The van der Waals surface area contributed by atoms with E-state index in [2.05, 4.69) is 31.3 Å². The van der Waals surface area contributed by atoms with Crippen LogP contribution in [0, 0.1) is 24.1 Å². The van der Waals surface area contributed by atoms with Crippen LogP contribution in [0.1, 0.15) is 36.4 Å². The molecule has 33 heavy (non-hydrogen) atoms. The molecule has 0 radical (unpaired) electrons. The lowest BCUT2D eigenvalue weighted by molar-refractivity contribution is 0.528. The molecule has 0 saturated carbocycles. The van der Waals surface area contributed by atoms with Crippen LogP contribution in [-0.4, -0.2) is 29.9 Å². The Kier molecular flexibility index (Phi) is 5.57. The van der Waals surface area contributed by atoms with Crippen molar-refractivity contribution in [3.8, 4) is 28.8 Å². The van der Waals surface area contributed by atoms with Crippen LogP contribution >= 0.6 is 0 Å². The number of rotatable bonds is 5. The molecule has 0 aliphatic carbocycles. The highest BCUT2D eigenvalue weighted by Gasteiger charge is 2.20. The second-order valence-electron chi connectivity index (χ2n) is 8.22. The molecule has 0 saturated heterocycles. The standard InChI is InChI=1S/C23H22FN9/c1-13-14(10-25)6-4-8-16(13)22-29-20(19(24)21(26)30-22)17-12-33(32-31-17)11-15-7-5-9-18(28-15)23(2,3)27/h4-9,12H,11,27H2,1-3H3,(H2,26,29,30). The third kappa shape index (κ3) is 4.40. The van der Waals surface area contributed by atoms with E-state index >= 15 is 0 Å². The monoisotopic (exact) mass is 443 g/mol. The summed E-state index contributed by atoms with van der Waals surface area (Å²) in [4.78, 5) is 13.0. The molecule has 3 heterocycles. The molecule has 4 N–H and O–H groups in total. The van der Waals surface area contributed by atoms with E-state index in [9.17, 15) is 9.65 Å². The number of nitrogens with zero attached hydrogens (tertiary/aromatic N) is 7. The molecule has 0 amide bonds. The fourth-order valence-electron chi connectivity index (χ4n) is 3.33. The Morgan fingerprint density at radius 2 is 1.88 bits per heavy atom. The third-order valence-electron chi connectivity index (χ3n) is 5.14. The van der Waals surface area contributed by atoms with Crippen molar-refractivity contribution in [3.63, 3.8) is 0 Å². The molecular weight excluding hydrogens is 421 g/mol. The van der Waals surface area contributed by atoms with Crippen molar-refractivity contribution < 1.29 is 4.39 Å². The average Bonchev–Trinajstić information content (AvgIpc) is 3.23. The zero-order valence-corrected chi connectivity index (χ0v) is 18.4. The van der Waals surface area contributed by atoms with Gasteiger partial charge >= 0.3 is 0 Å². The van der Waals surface area contributed by atoms with Gasteiger partial charge in [0.1, 0.15) is 11.4 Å². The second-order valence-corrected chi connectivity index (χ2v) is 8.22. The molecule has 3 aromatic heterocycles.